The van der Waals surface area contributed by atoms with Crippen molar-refractivity contribution in [3.05, 3.63) is 0 Å². The molecule has 1 aliphatic heterocycles. The van der Waals surface area contributed by atoms with Crippen LogP contribution in [-0.4, -0.2) is 38.1 Å². The SMILES string of the molecule is CC(C)NC(=O)CNCC1CCNCC1. The summed E-state index contributed by atoms with van der Waals surface area (Å²) in [4.78, 5) is 11.3. The van der Waals surface area contributed by atoms with Crippen LogP contribution in [0.5, 0.6) is 0 Å². The maximum absolute atomic E-state index is 11.3. The van der Waals surface area contributed by atoms with E-state index in [1.54, 1.807) is 0 Å². The van der Waals surface area contributed by atoms with Crippen LogP contribution in [0.15, 0.2) is 0 Å². The van der Waals surface area contributed by atoms with Crippen molar-refractivity contribution < 1.29 is 4.79 Å². The van der Waals surface area contributed by atoms with Gasteiger partial charge >= 0.3 is 0 Å². The second-order valence-electron chi connectivity index (χ2n) is 4.55. The molecular weight excluding hydrogens is 190 g/mol. The molecule has 4 heteroatoms. The Bertz CT molecular complexity index is 188. The predicted molar refractivity (Wildman–Crippen MR) is 61.7 cm³/mol. The summed E-state index contributed by atoms with van der Waals surface area (Å²) in [6, 6.07) is 0.234. The number of amides is 1. The molecule has 0 bridgehead atoms. The highest BCUT2D eigenvalue weighted by Crippen LogP contribution is 2.09. The molecule has 1 fully saturated rings. The number of nitrogens with one attached hydrogen (secondary N) is 3. The van der Waals surface area contributed by atoms with Gasteiger partial charge in [0.15, 0.2) is 0 Å². The van der Waals surface area contributed by atoms with Crippen LogP contribution in [0.25, 0.3) is 0 Å². The first-order valence-corrected chi connectivity index (χ1v) is 5.89. The third kappa shape index (κ3) is 5.74. The maximum Gasteiger partial charge on any atom is 0.234 e. The molecule has 1 aliphatic rings. The molecule has 0 aromatic carbocycles. The van der Waals surface area contributed by atoms with Crippen LogP contribution < -0.4 is 16.0 Å². The maximum atomic E-state index is 11.3. The van der Waals surface area contributed by atoms with Crippen LogP contribution in [0.3, 0.4) is 0 Å². The lowest BCUT2D eigenvalue weighted by atomic mass is 9.98. The molecule has 15 heavy (non-hydrogen) atoms. The van der Waals surface area contributed by atoms with E-state index in [-0.39, 0.29) is 11.9 Å². The van der Waals surface area contributed by atoms with E-state index in [1.807, 2.05) is 13.8 Å². The first-order valence-electron chi connectivity index (χ1n) is 5.89. The van der Waals surface area contributed by atoms with Crippen LogP contribution in [0.2, 0.25) is 0 Å². The second kappa shape index (κ2) is 6.80. The average Bonchev–Trinajstić information content (AvgIpc) is 2.18. The largest absolute Gasteiger partial charge is 0.353 e. The molecule has 0 radical (unpaired) electrons. The van der Waals surface area contributed by atoms with Crippen molar-refractivity contribution >= 4 is 5.91 Å². The number of piperidine rings is 1. The first-order chi connectivity index (χ1) is 7.18. The van der Waals surface area contributed by atoms with E-state index in [0.717, 1.165) is 25.6 Å². The zero-order chi connectivity index (χ0) is 11.1. The molecule has 0 unspecified atom stereocenters. The number of carbonyl (C=O) groups is 1. The number of carbonyl (C=O) groups excluding carboxylic acids is 1. The third-order valence-electron chi connectivity index (χ3n) is 2.63. The van der Waals surface area contributed by atoms with Gasteiger partial charge in [0.2, 0.25) is 5.91 Å². The normalized spacial score (nSPS) is 18.1. The fourth-order valence-corrected chi connectivity index (χ4v) is 1.85. The lowest BCUT2D eigenvalue weighted by Crippen LogP contribution is -2.40. The first kappa shape index (κ1) is 12.5. The predicted octanol–water partition coefficient (Wildman–Crippen LogP) is 0.100. The van der Waals surface area contributed by atoms with E-state index in [2.05, 4.69) is 16.0 Å². The molecule has 3 N–H and O–H groups in total. The molecule has 0 atom stereocenters. The second-order valence-corrected chi connectivity index (χ2v) is 4.55. The fourth-order valence-electron chi connectivity index (χ4n) is 1.85. The Balaban J connectivity index is 2.02. The van der Waals surface area contributed by atoms with E-state index >= 15 is 0 Å². The van der Waals surface area contributed by atoms with Crippen molar-refractivity contribution in [2.75, 3.05) is 26.2 Å². The summed E-state index contributed by atoms with van der Waals surface area (Å²) in [6.45, 7) is 7.60. The van der Waals surface area contributed by atoms with Gasteiger partial charge in [-0.2, -0.15) is 0 Å². The van der Waals surface area contributed by atoms with Gasteiger partial charge in [0.1, 0.15) is 0 Å². The highest BCUT2D eigenvalue weighted by Gasteiger charge is 2.12. The van der Waals surface area contributed by atoms with E-state index in [9.17, 15) is 4.79 Å². The van der Waals surface area contributed by atoms with E-state index in [1.165, 1.54) is 12.8 Å². The topological polar surface area (TPSA) is 53.2 Å². The number of hydrogen-bond donors (Lipinski definition) is 3. The Morgan fingerprint density at radius 2 is 2.07 bits per heavy atom. The van der Waals surface area contributed by atoms with Gasteiger partial charge in [0.05, 0.1) is 6.54 Å². The Hall–Kier alpha value is -0.610. The zero-order valence-corrected chi connectivity index (χ0v) is 9.81. The van der Waals surface area contributed by atoms with Crippen LogP contribution in [-0.2, 0) is 4.79 Å². The van der Waals surface area contributed by atoms with E-state index < -0.39 is 0 Å². The quantitative estimate of drug-likeness (QED) is 0.607. The summed E-state index contributed by atoms with van der Waals surface area (Å²) in [5, 5.41) is 9.42. The molecule has 0 saturated carbocycles. The molecule has 0 spiro atoms. The summed E-state index contributed by atoms with van der Waals surface area (Å²) in [5.41, 5.74) is 0. The van der Waals surface area contributed by atoms with Gasteiger partial charge < -0.3 is 16.0 Å². The lowest BCUT2D eigenvalue weighted by molar-refractivity contribution is -0.120. The molecule has 1 amide bonds. The molecule has 4 nitrogen and oxygen atoms in total. The Morgan fingerprint density at radius 3 is 2.67 bits per heavy atom. The van der Waals surface area contributed by atoms with Crippen LogP contribution in [0.1, 0.15) is 26.7 Å². The Labute approximate surface area is 92.2 Å². The molecular formula is C11H23N3O. The van der Waals surface area contributed by atoms with Crippen molar-refractivity contribution in [1.82, 2.24) is 16.0 Å². The molecule has 1 rings (SSSR count). The average molecular weight is 213 g/mol. The van der Waals surface area contributed by atoms with Gasteiger partial charge in [-0.05, 0) is 52.2 Å². The van der Waals surface area contributed by atoms with Crippen LogP contribution in [0, 0.1) is 5.92 Å². The lowest BCUT2D eigenvalue weighted by Gasteiger charge is -2.22. The molecule has 1 saturated heterocycles. The standard InChI is InChI=1S/C11H23N3O/c1-9(2)14-11(15)8-13-7-10-3-5-12-6-4-10/h9-10,12-13H,3-8H2,1-2H3,(H,14,15). The Morgan fingerprint density at radius 1 is 1.40 bits per heavy atom. The van der Waals surface area contributed by atoms with Crippen molar-refractivity contribution in [3.63, 3.8) is 0 Å². The minimum Gasteiger partial charge on any atom is -0.353 e. The monoisotopic (exact) mass is 213 g/mol. The van der Waals surface area contributed by atoms with Crippen molar-refractivity contribution in [2.24, 2.45) is 5.92 Å². The molecule has 88 valence electrons. The number of hydrogen-bond acceptors (Lipinski definition) is 3. The van der Waals surface area contributed by atoms with Crippen molar-refractivity contribution in [3.8, 4) is 0 Å². The molecule has 0 aliphatic carbocycles. The van der Waals surface area contributed by atoms with Crippen molar-refractivity contribution in [2.45, 2.75) is 32.7 Å². The number of rotatable bonds is 5. The van der Waals surface area contributed by atoms with Gasteiger partial charge in [0.25, 0.3) is 0 Å². The summed E-state index contributed by atoms with van der Waals surface area (Å²) < 4.78 is 0. The van der Waals surface area contributed by atoms with Gasteiger partial charge in [-0.1, -0.05) is 0 Å². The zero-order valence-electron chi connectivity index (χ0n) is 9.81. The van der Waals surface area contributed by atoms with Gasteiger partial charge in [-0.15, -0.1) is 0 Å². The minimum absolute atomic E-state index is 0.0962. The Kier molecular flexibility index (Phi) is 5.65. The van der Waals surface area contributed by atoms with E-state index in [4.69, 9.17) is 0 Å². The fraction of sp³-hybridized carbons (Fsp3) is 0.909. The van der Waals surface area contributed by atoms with Gasteiger partial charge in [-0.3, -0.25) is 4.79 Å². The molecule has 0 aromatic rings. The molecule has 1 heterocycles. The van der Waals surface area contributed by atoms with Gasteiger partial charge in [0, 0.05) is 6.04 Å². The summed E-state index contributed by atoms with van der Waals surface area (Å²) in [7, 11) is 0. The third-order valence-corrected chi connectivity index (χ3v) is 2.63. The highest BCUT2D eigenvalue weighted by molar-refractivity contribution is 5.78. The smallest absolute Gasteiger partial charge is 0.234 e. The minimum atomic E-state index is 0.0962. The van der Waals surface area contributed by atoms with Crippen LogP contribution >= 0.6 is 0 Å². The molecule has 0 aromatic heterocycles. The van der Waals surface area contributed by atoms with E-state index in [0.29, 0.717) is 6.54 Å². The summed E-state index contributed by atoms with van der Waals surface area (Å²) >= 11 is 0. The highest BCUT2D eigenvalue weighted by atomic mass is 16.1. The van der Waals surface area contributed by atoms with Gasteiger partial charge in [-0.25, -0.2) is 0 Å². The summed E-state index contributed by atoms with van der Waals surface area (Å²) in [5.74, 6) is 0.831. The van der Waals surface area contributed by atoms with Crippen molar-refractivity contribution in [1.29, 1.82) is 0 Å². The van der Waals surface area contributed by atoms with Crippen LogP contribution in [0.4, 0.5) is 0 Å². The summed E-state index contributed by atoms with van der Waals surface area (Å²) in [6.07, 6.45) is 2.44.